The lowest BCUT2D eigenvalue weighted by Crippen LogP contribution is -2.26. The van der Waals surface area contributed by atoms with Crippen LogP contribution in [0.5, 0.6) is 5.75 Å². The van der Waals surface area contributed by atoms with Gasteiger partial charge in [0.05, 0.1) is 7.11 Å². The molecule has 1 amide bonds. The van der Waals surface area contributed by atoms with Gasteiger partial charge in [-0.1, -0.05) is 12.1 Å². The van der Waals surface area contributed by atoms with Gasteiger partial charge in [-0.25, -0.2) is 9.97 Å². The molecule has 1 aliphatic heterocycles. The predicted molar refractivity (Wildman–Crippen MR) is 110 cm³/mol. The van der Waals surface area contributed by atoms with E-state index in [1.807, 2.05) is 37.4 Å². The van der Waals surface area contributed by atoms with E-state index in [1.54, 1.807) is 18.4 Å². The Hall–Kier alpha value is -2.71. The zero-order valence-corrected chi connectivity index (χ0v) is 16.7. The maximum atomic E-state index is 12.7. The monoisotopic (exact) mass is 397 g/mol. The fourth-order valence-corrected chi connectivity index (χ4v) is 4.36. The van der Waals surface area contributed by atoms with Crippen molar-refractivity contribution in [2.45, 2.75) is 25.7 Å². The number of aromatic nitrogens is 3. The fraction of sp³-hybridized carbons (Fsp3) is 0.350. The first kappa shape index (κ1) is 18.6. The van der Waals surface area contributed by atoms with Gasteiger partial charge in [0.2, 0.25) is 0 Å². The van der Waals surface area contributed by atoms with Gasteiger partial charge in [-0.15, -0.1) is 11.3 Å². The van der Waals surface area contributed by atoms with Crippen molar-refractivity contribution in [3.63, 3.8) is 0 Å². The quantitative estimate of drug-likeness (QED) is 0.612. The molecular formula is C20H23N5O2S. The zero-order chi connectivity index (χ0) is 19.5. The Morgan fingerprint density at radius 2 is 2.14 bits per heavy atom. The van der Waals surface area contributed by atoms with Gasteiger partial charge in [0.1, 0.15) is 17.3 Å². The zero-order valence-electron chi connectivity index (χ0n) is 15.9. The van der Waals surface area contributed by atoms with E-state index in [4.69, 9.17) is 4.74 Å². The number of imidazole rings is 1. The maximum absolute atomic E-state index is 12.7. The summed E-state index contributed by atoms with van der Waals surface area (Å²) < 4.78 is 5.26. The molecule has 2 aromatic heterocycles. The number of nitrogens with zero attached hydrogens (tertiary/aromatic N) is 2. The SMILES string of the molecule is COc1cccc(-c2nc(C(=O)Nc3ncc(C4CCNCC4)s3)c(C)[nH]2)c1. The largest absolute Gasteiger partial charge is 0.497 e. The Morgan fingerprint density at radius 3 is 2.93 bits per heavy atom. The Bertz CT molecular complexity index is 975. The fourth-order valence-electron chi connectivity index (χ4n) is 3.38. The number of piperidine rings is 1. The molecule has 0 bridgehead atoms. The molecule has 7 nitrogen and oxygen atoms in total. The van der Waals surface area contributed by atoms with Crippen molar-refractivity contribution in [2.24, 2.45) is 0 Å². The molecule has 0 aliphatic carbocycles. The minimum absolute atomic E-state index is 0.255. The number of aromatic amines is 1. The third-order valence-corrected chi connectivity index (χ3v) is 6.00. The lowest BCUT2D eigenvalue weighted by atomic mass is 9.97. The molecular weight excluding hydrogens is 374 g/mol. The predicted octanol–water partition coefficient (Wildman–Crippen LogP) is 3.57. The normalized spacial score (nSPS) is 14.8. The third-order valence-electron chi connectivity index (χ3n) is 4.93. The van der Waals surface area contributed by atoms with Crippen LogP contribution >= 0.6 is 11.3 Å². The van der Waals surface area contributed by atoms with Crippen LogP contribution in [0, 0.1) is 6.92 Å². The molecule has 146 valence electrons. The molecule has 0 radical (unpaired) electrons. The number of methoxy groups -OCH3 is 1. The molecule has 0 spiro atoms. The van der Waals surface area contributed by atoms with Crippen LogP contribution in [0.1, 0.15) is 39.8 Å². The van der Waals surface area contributed by atoms with Crippen LogP contribution in [-0.2, 0) is 0 Å². The molecule has 0 unspecified atom stereocenters. The maximum Gasteiger partial charge on any atom is 0.277 e. The van der Waals surface area contributed by atoms with Crippen molar-refractivity contribution in [3.8, 4) is 17.1 Å². The number of ether oxygens (including phenoxy) is 1. The van der Waals surface area contributed by atoms with Crippen molar-refractivity contribution in [1.29, 1.82) is 0 Å². The number of hydrogen-bond donors (Lipinski definition) is 3. The van der Waals surface area contributed by atoms with Crippen LogP contribution in [0.2, 0.25) is 0 Å². The van der Waals surface area contributed by atoms with Gasteiger partial charge >= 0.3 is 0 Å². The molecule has 8 heteroatoms. The molecule has 0 atom stereocenters. The summed E-state index contributed by atoms with van der Waals surface area (Å²) in [6, 6.07) is 7.57. The number of nitrogens with one attached hydrogen (secondary N) is 3. The number of anilines is 1. The lowest BCUT2D eigenvalue weighted by molar-refractivity contribution is 0.102. The van der Waals surface area contributed by atoms with E-state index in [0.29, 0.717) is 28.3 Å². The van der Waals surface area contributed by atoms with Crippen LogP contribution in [0.25, 0.3) is 11.4 Å². The molecule has 28 heavy (non-hydrogen) atoms. The van der Waals surface area contributed by atoms with Crippen molar-refractivity contribution >= 4 is 22.4 Å². The van der Waals surface area contributed by atoms with Crippen LogP contribution in [-0.4, -0.2) is 41.1 Å². The summed E-state index contributed by atoms with van der Waals surface area (Å²) in [6.07, 6.45) is 4.10. The molecule has 4 rings (SSSR count). The summed E-state index contributed by atoms with van der Waals surface area (Å²) in [5.41, 5.74) is 1.95. The highest BCUT2D eigenvalue weighted by Crippen LogP contribution is 2.32. The Labute approximate surface area is 167 Å². The molecule has 3 N–H and O–H groups in total. The average Bonchev–Trinajstić information content (AvgIpc) is 3.35. The molecule has 3 aromatic rings. The van der Waals surface area contributed by atoms with E-state index in [-0.39, 0.29) is 5.91 Å². The minimum Gasteiger partial charge on any atom is -0.497 e. The van der Waals surface area contributed by atoms with E-state index in [9.17, 15) is 4.79 Å². The molecule has 1 fully saturated rings. The number of carbonyl (C=O) groups excluding carboxylic acids is 1. The standard InChI is InChI=1S/C20H23N5O2S/c1-12-17(24-18(23-12)14-4-3-5-15(10-14)27-2)19(26)25-20-22-11-16(28-20)13-6-8-21-9-7-13/h3-5,10-11,13,21H,6-9H2,1-2H3,(H,23,24)(H,22,25,26). The molecule has 0 saturated carbocycles. The summed E-state index contributed by atoms with van der Waals surface area (Å²) in [5, 5.41) is 6.88. The number of rotatable bonds is 5. The number of thiazole rings is 1. The van der Waals surface area contributed by atoms with Crippen molar-refractivity contribution in [2.75, 3.05) is 25.5 Å². The summed E-state index contributed by atoms with van der Waals surface area (Å²) >= 11 is 1.55. The highest BCUT2D eigenvalue weighted by Gasteiger charge is 2.20. The summed E-state index contributed by atoms with van der Waals surface area (Å²) in [6.45, 7) is 3.90. The molecule has 1 saturated heterocycles. The Balaban J connectivity index is 1.49. The summed E-state index contributed by atoms with van der Waals surface area (Å²) in [5.74, 6) is 1.65. The van der Waals surface area contributed by atoms with Gasteiger partial charge in [0.15, 0.2) is 5.13 Å². The first-order valence-corrected chi connectivity index (χ1v) is 10.1. The van der Waals surface area contributed by atoms with Gasteiger partial charge in [-0.2, -0.15) is 0 Å². The second kappa shape index (κ2) is 8.12. The summed E-state index contributed by atoms with van der Waals surface area (Å²) in [7, 11) is 1.62. The number of benzene rings is 1. The summed E-state index contributed by atoms with van der Waals surface area (Å²) in [4.78, 5) is 26.0. The topological polar surface area (TPSA) is 91.9 Å². The van der Waals surface area contributed by atoms with Crippen molar-refractivity contribution in [1.82, 2.24) is 20.3 Å². The first-order chi connectivity index (χ1) is 13.6. The van der Waals surface area contributed by atoms with E-state index in [2.05, 4.69) is 25.6 Å². The average molecular weight is 398 g/mol. The van der Waals surface area contributed by atoms with Gasteiger partial charge < -0.3 is 15.0 Å². The number of H-pyrrole nitrogens is 1. The van der Waals surface area contributed by atoms with Crippen molar-refractivity contribution in [3.05, 3.63) is 46.7 Å². The smallest absolute Gasteiger partial charge is 0.277 e. The number of amides is 1. The van der Waals surface area contributed by atoms with E-state index in [1.165, 1.54) is 4.88 Å². The Kier molecular flexibility index (Phi) is 5.40. The van der Waals surface area contributed by atoms with Gasteiger partial charge in [-0.05, 0) is 50.9 Å². The first-order valence-electron chi connectivity index (χ1n) is 9.33. The second-order valence-electron chi connectivity index (χ2n) is 6.84. The third kappa shape index (κ3) is 3.93. The van der Waals surface area contributed by atoms with Gasteiger partial charge in [0, 0.05) is 22.3 Å². The molecule has 3 heterocycles. The van der Waals surface area contributed by atoms with Crippen LogP contribution in [0.3, 0.4) is 0 Å². The lowest BCUT2D eigenvalue weighted by Gasteiger charge is -2.20. The van der Waals surface area contributed by atoms with Crippen LogP contribution in [0.15, 0.2) is 30.5 Å². The van der Waals surface area contributed by atoms with E-state index >= 15 is 0 Å². The molecule has 1 aromatic carbocycles. The Morgan fingerprint density at radius 1 is 1.32 bits per heavy atom. The van der Waals surface area contributed by atoms with E-state index in [0.717, 1.165) is 37.2 Å². The second-order valence-corrected chi connectivity index (χ2v) is 7.90. The number of carbonyl (C=O) groups is 1. The minimum atomic E-state index is -0.255. The van der Waals surface area contributed by atoms with Crippen LogP contribution < -0.4 is 15.4 Å². The highest BCUT2D eigenvalue weighted by atomic mass is 32.1. The highest BCUT2D eigenvalue weighted by molar-refractivity contribution is 7.15. The van der Waals surface area contributed by atoms with Gasteiger partial charge in [-0.3, -0.25) is 10.1 Å². The van der Waals surface area contributed by atoms with Crippen LogP contribution in [0.4, 0.5) is 5.13 Å². The number of hydrogen-bond acceptors (Lipinski definition) is 6. The number of aryl methyl sites for hydroxylation is 1. The van der Waals surface area contributed by atoms with E-state index < -0.39 is 0 Å². The molecule has 1 aliphatic rings. The van der Waals surface area contributed by atoms with Crippen molar-refractivity contribution < 1.29 is 9.53 Å². The van der Waals surface area contributed by atoms with Gasteiger partial charge in [0.25, 0.3) is 5.91 Å².